The highest BCUT2D eigenvalue weighted by molar-refractivity contribution is 6.06. The fourth-order valence-electron chi connectivity index (χ4n) is 12.7. The highest BCUT2D eigenvalue weighted by Crippen LogP contribution is 2.50. The minimum absolute atomic E-state index is 0.0107. The fourth-order valence-corrected chi connectivity index (χ4v) is 12.7. The quantitative estimate of drug-likeness (QED) is 0.0457. The molecule has 4 aromatic carbocycles. The van der Waals surface area contributed by atoms with Crippen LogP contribution >= 0.6 is 0 Å². The van der Waals surface area contributed by atoms with E-state index in [1.165, 1.54) is 24.3 Å². The van der Waals surface area contributed by atoms with Gasteiger partial charge in [0.25, 0.3) is 0 Å². The number of fused-ring (bicyclic) bond motifs is 2. The zero-order chi connectivity index (χ0) is 79.5. The Labute approximate surface area is 616 Å². The zero-order valence-electron chi connectivity index (χ0n) is 61.6. The molecule has 0 spiro atoms. The number of rotatable bonds is 27. The second-order valence-corrected chi connectivity index (χ2v) is 25.5. The summed E-state index contributed by atoms with van der Waals surface area (Å²) < 4.78 is 131. The van der Waals surface area contributed by atoms with Crippen molar-refractivity contribution >= 4 is 105 Å². The van der Waals surface area contributed by atoms with Crippen molar-refractivity contribution in [3.8, 4) is 34.1 Å². The monoisotopic (exact) mass is 1520 g/mol. The van der Waals surface area contributed by atoms with Crippen molar-refractivity contribution in [2.24, 2.45) is 0 Å². The van der Waals surface area contributed by atoms with E-state index in [2.05, 4.69) is 0 Å². The molecular weight excluding hydrogens is 1440 g/mol. The number of carbonyl (C=O) groups is 14. The molecule has 16 atom stereocenters. The van der Waals surface area contributed by atoms with E-state index in [-0.39, 0.29) is 44.9 Å². The Kier molecular flexibility index (Phi) is 27.2. The summed E-state index contributed by atoms with van der Waals surface area (Å²) in [5, 5.41) is 0.528. The number of benzene rings is 4. The Bertz CT molecular complexity index is 3900. The van der Waals surface area contributed by atoms with Crippen molar-refractivity contribution in [2.75, 3.05) is 39.6 Å². The number of ether oxygens (including phenoxy) is 22. The average Bonchev–Trinajstić information content (AvgIpc) is 1.07. The second kappa shape index (κ2) is 35.4. The number of carbonyl (C=O) groups excluding carboxylic acids is 14. The van der Waals surface area contributed by atoms with Crippen molar-refractivity contribution in [3.63, 3.8) is 0 Å². The van der Waals surface area contributed by atoms with Crippen molar-refractivity contribution < 1.29 is 171 Å². The standard InChI is InChI=1S/C72H82O36/c1-31-21-47-17-19-49(57(93-35(5)75)55(47)51(23-31)103-67-63(99-41(11)81)61(97-39(9)79)59(95-37(7)77)53(105-67)25-87-69-65(101-43(13)83)71(29-91-69,107-45(15)85)27-89-33(3)73)50-20-18-48-22-32(2)24-52(56(48)58(50)94-36(6)76)104-68-64(100-42(12)82)62(98-40(10)80)60(96-38(8)78)54(106-68)26-88-70-66(102-44(14)84)72(30-92-70,108-46(16)86)28-90-34(4)74/h17-24,53-54,59-70H,25-30H2,1-16H3/t53-,54-,59-,60-,61+,62+,63-,64-,65+,66+,67-,68-,69-,70-,71-,72-/m1/s1. The van der Waals surface area contributed by atoms with Crippen LogP contribution < -0.4 is 18.9 Å². The van der Waals surface area contributed by atoms with Gasteiger partial charge in [-0.25, -0.2) is 0 Å². The summed E-state index contributed by atoms with van der Waals surface area (Å²) in [7, 11) is 0. The maximum absolute atomic E-state index is 13.7. The van der Waals surface area contributed by atoms with Crippen LogP contribution in [-0.4, -0.2) is 221 Å². The Morgan fingerprint density at radius 3 is 0.972 bits per heavy atom. The van der Waals surface area contributed by atoms with Gasteiger partial charge < -0.3 is 104 Å². The molecule has 0 aromatic heterocycles. The van der Waals surface area contributed by atoms with Crippen LogP contribution in [0.2, 0.25) is 0 Å². The molecule has 4 aliphatic heterocycles. The molecule has 36 heteroatoms. The van der Waals surface area contributed by atoms with Crippen LogP contribution in [0.5, 0.6) is 23.0 Å². The molecule has 0 N–H and O–H groups in total. The van der Waals surface area contributed by atoms with E-state index in [9.17, 15) is 67.1 Å². The van der Waals surface area contributed by atoms with Crippen LogP contribution in [0.15, 0.2) is 48.5 Å². The molecule has 4 heterocycles. The predicted molar refractivity (Wildman–Crippen MR) is 356 cm³/mol. The predicted octanol–water partition coefficient (Wildman–Crippen LogP) is 4.26. The van der Waals surface area contributed by atoms with Gasteiger partial charge in [-0.15, -0.1) is 0 Å². The van der Waals surface area contributed by atoms with Gasteiger partial charge in [0.2, 0.25) is 36.0 Å². The normalized spacial score (nSPS) is 26.4. The van der Waals surface area contributed by atoms with Gasteiger partial charge >= 0.3 is 83.6 Å². The first-order valence-electron chi connectivity index (χ1n) is 33.4. The third kappa shape index (κ3) is 20.5. The second-order valence-electron chi connectivity index (χ2n) is 25.5. The number of esters is 14. The van der Waals surface area contributed by atoms with Crippen molar-refractivity contribution in [3.05, 3.63) is 59.7 Å². The first-order valence-corrected chi connectivity index (χ1v) is 33.4. The summed E-state index contributed by atoms with van der Waals surface area (Å²) in [6.07, 6.45) is -24.6. The minimum Gasteiger partial charge on any atom is -0.461 e. The van der Waals surface area contributed by atoms with E-state index in [0.29, 0.717) is 21.9 Å². The van der Waals surface area contributed by atoms with Crippen LogP contribution in [-0.2, 0) is 152 Å². The van der Waals surface area contributed by atoms with E-state index in [0.717, 1.165) is 96.9 Å². The molecular formula is C72H82O36. The molecule has 4 fully saturated rings. The molecule has 0 aliphatic carbocycles. The van der Waals surface area contributed by atoms with Crippen molar-refractivity contribution in [1.82, 2.24) is 0 Å². The summed E-state index contributed by atoms with van der Waals surface area (Å²) in [4.78, 5) is 181. The van der Waals surface area contributed by atoms with Gasteiger partial charge in [-0.2, -0.15) is 0 Å². The molecule has 0 amide bonds. The third-order valence-electron chi connectivity index (χ3n) is 16.3. The van der Waals surface area contributed by atoms with Gasteiger partial charge in [0, 0.05) is 108 Å². The fraction of sp³-hybridized carbons (Fsp3) is 0.528. The van der Waals surface area contributed by atoms with Crippen molar-refractivity contribution in [2.45, 2.75) is 208 Å². The summed E-state index contributed by atoms with van der Waals surface area (Å²) in [6.45, 7) is 13.8. The van der Waals surface area contributed by atoms with E-state index in [1.54, 1.807) is 38.1 Å². The third-order valence-corrected chi connectivity index (χ3v) is 16.3. The molecule has 0 radical (unpaired) electrons. The topological polar surface area (TPSA) is 442 Å². The number of hydrogen-bond donors (Lipinski definition) is 0. The molecule has 0 saturated carbocycles. The minimum atomic E-state index is -1.98. The number of hydrogen-bond acceptors (Lipinski definition) is 36. The molecule has 4 saturated heterocycles. The smallest absolute Gasteiger partial charge is 0.308 e. The first kappa shape index (κ1) is 83.0. The largest absolute Gasteiger partial charge is 0.461 e. The van der Waals surface area contributed by atoms with Gasteiger partial charge in [0.05, 0.1) is 37.2 Å². The molecule has 0 unspecified atom stereocenters. The van der Waals surface area contributed by atoms with Crippen LogP contribution in [0.1, 0.15) is 108 Å². The zero-order valence-corrected chi connectivity index (χ0v) is 61.6. The molecule has 8 rings (SSSR count). The summed E-state index contributed by atoms with van der Waals surface area (Å²) in [5.41, 5.74) is -3.03. The van der Waals surface area contributed by atoms with E-state index in [4.69, 9.17) is 104 Å². The summed E-state index contributed by atoms with van der Waals surface area (Å²) >= 11 is 0. The first-order chi connectivity index (χ1) is 50.8. The van der Waals surface area contributed by atoms with Crippen LogP contribution in [0.25, 0.3) is 32.7 Å². The Morgan fingerprint density at radius 1 is 0.361 bits per heavy atom. The highest BCUT2D eigenvalue weighted by atomic mass is 16.8. The maximum atomic E-state index is 13.7. The highest BCUT2D eigenvalue weighted by Gasteiger charge is 2.61. The lowest BCUT2D eigenvalue weighted by atomic mass is 9.94. The lowest BCUT2D eigenvalue weighted by Crippen LogP contribution is -2.64. The molecule has 586 valence electrons. The van der Waals surface area contributed by atoms with Crippen LogP contribution in [0, 0.1) is 13.8 Å². The van der Waals surface area contributed by atoms with Gasteiger partial charge in [0.15, 0.2) is 49.2 Å². The van der Waals surface area contributed by atoms with Gasteiger partial charge in [-0.05, 0) is 60.0 Å². The van der Waals surface area contributed by atoms with E-state index in [1.807, 2.05) is 0 Å². The molecule has 4 aliphatic rings. The van der Waals surface area contributed by atoms with Crippen molar-refractivity contribution in [1.29, 1.82) is 0 Å². The van der Waals surface area contributed by atoms with Gasteiger partial charge in [0.1, 0.15) is 48.4 Å². The molecule has 4 aromatic rings. The molecule has 36 nitrogen and oxygen atoms in total. The molecule has 108 heavy (non-hydrogen) atoms. The number of aryl methyl sites for hydroxylation is 2. The van der Waals surface area contributed by atoms with E-state index >= 15 is 0 Å². The van der Waals surface area contributed by atoms with E-state index < -0.39 is 221 Å². The average molecular weight is 1520 g/mol. The SMILES string of the molecule is CC(=O)OC[C@@]1(OC(C)=O)CO[C@@H](OC[C@H]2O[C@@H](Oc3cc(C)cc4ccc(-c5ccc6cc(C)cc(O[C@@H]7O[C@H](CO[C@@H]8OC[C@@](COC(C)=O)(OC(C)=O)[C@H]8OC(C)=O)[C@@H](OC(C)=O)[C@H](OC(C)=O)[C@H]7OC(C)=O)c6c5OC(C)=O)c(OC(C)=O)c34)[C@H](OC(C)=O)[C@@H](OC(C)=O)[C@@H]2OC(C)=O)[C@@H]1OC(C)=O. The Hall–Kier alpha value is -10.7. The Balaban J connectivity index is 1.27. The van der Waals surface area contributed by atoms with Crippen LogP contribution in [0.4, 0.5) is 0 Å². The Morgan fingerprint density at radius 2 is 0.676 bits per heavy atom. The van der Waals surface area contributed by atoms with Crippen LogP contribution in [0.3, 0.4) is 0 Å². The van der Waals surface area contributed by atoms with Gasteiger partial charge in [-0.3, -0.25) is 67.1 Å². The lowest BCUT2D eigenvalue weighted by molar-refractivity contribution is -0.297. The molecule has 0 bridgehead atoms. The summed E-state index contributed by atoms with van der Waals surface area (Å²) in [5.74, 6) is -14.0. The maximum Gasteiger partial charge on any atom is 0.308 e. The summed E-state index contributed by atoms with van der Waals surface area (Å²) in [6, 6.07) is 12.4. The lowest BCUT2D eigenvalue weighted by Gasteiger charge is -2.44. The van der Waals surface area contributed by atoms with Gasteiger partial charge in [-0.1, -0.05) is 24.3 Å².